The maximum Gasteiger partial charge on any atom is 0.245 e. The van der Waals surface area contributed by atoms with E-state index < -0.39 is 6.17 Å². The number of piperidine rings is 1. The van der Waals surface area contributed by atoms with E-state index >= 15 is 0 Å². The number of benzene rings is 1. The quantitative estimate of drug-likeness (QED) is 0.462. The Morgan fingerprint density at radius 2 is 2.03 bits per heavy atom. The van der Waals surface area contributed by atoms with Gasteiger partial charge in [0.05, 0.1) is 42.9 Å². The van der Waals surface area contributed by atoms with Crippen LogP contribution in [-0.4, -0.2) is 53.1 Å². The zero-order valence-electron chi connectivity index (χ0n) is 18.5. The van der Waals surface area contributed by atoms with Gasteiger partial charge in [0.25, 0.3) is 0 Å². The highest BCUT2D eigenvalue weighted by Crippen LogP contribution is 2.35. The van der Waals surface area contributed by atoms with Crippen molar-refractivity contribution in [3.05, 3.63) is 60.4 Å². The molecule has 0 spiro atoms. The van der Waals surface area contributed by atoms with E-state index in [1.165, 1.54) is 0 Å². The Bertz CT molecular complexity index is 1280. The van der Waals surface area contributed by atoms with Crippen LogP contribution in [0.3, 0.4) is 0 Å². The summed E-state index contributed by atoms with van der Waals surface area (Å²) in [6.45, 7) is 1.18. The molecule has 1 aromatic carbocycles. The SMILES string of the molecule is COc1cc([C@@H]2CCNC[C@H]2F)ccc1Nc1ncc2ccc(-c3cccnc3OC)n2n1. The maximum atomic E-state index is 14.4. The first kappa shape index (κ1) is 21.1. The molecule has 170 valence electrons. The smallest absolute Gasteiger partial charge is 0.245 e. The van der Waals surface area contributed by atoms with Crippen LogP contribution in [-0.2, 0) is 0 Å². The highest BCUT2D eigenvalue weighted by molar-refractivity contribution is 5.71. The van der Waals surface area contributed by atoms with Crippen LogP contribution in [0.4, 0.5) is 16.0 Å². The number of hydrogen-bond donors (Lipinski definition) is 2. The summed E-state index contributed by atoms with van der Waals surface area (Å²) in [6.07, 6.45) is 3.27. The van der Waals surface area contributed by atoms with E-state index in [9.17, 15) is 4.39 Å². The molecule has 0 aliphatic carbocycles. The number of alkyl halides is 1. The van der Waals surface area contributed by atoms with Crippen LogP contribution in [0.2, 0.25) is 0 Å². The van der Waals surface area contributed by atoms with Crippen LogP contribution in [0.25, 0.3) is 16.8 Å². The molecule has 2 N–H and O–H groups in total. The molecule has 0 bridgehead atoms. The first-order chi connectivity index (χ1) is 16.2. The summed E-state index contributed by atoms with van der Waals surface area (Å²) in [6, 6.07) is 13.4. The van der Waals surface area contributed by atoms with Crippen molar-refractivity contribution in [1.29, 1.82) is 0 Å². The van der Waals surface area contributed by atoms with Crippen LogP contribution in [0.15, 0.2) is 54.9 Å². The van der Waals surface area contributed by atoms with E-state index in [0.29, 0.717) is 29.8 Å². The molecule has 0 saturated carbocycles. The lowest BCUT2D eigenvalue weighted by molar-refractivity contribution is 0.231. The van der Waals surface area contributed by atoms with Crippen LogP contribution in [0.1, 0.15) is 17.9 Å². The van der Waals surface area contributed by atoms with Gasteiger partial charge >= 0.3 is 0 Å². The van der Waals surface area contributed by atoms with Gasteiger partial charge in [-0.1, -0.05) is 6.07 Å². The Balaban J connectivity index is 1.47. The van der Waals surface area contributed by atoms with E-state index in [4.69, 9.17) is 9.47 Å². The second-order valence-corrected chi connectivity index (χ2v) is 7.90. The highest BCUT2D eigenvalue weighted by atomic mass is 19.1. The minimum atomic E-state index is -0.912. The molecule has 1 saturated heterocycles. The molecule has 1 aliphatic rings. The summed E-state index contributed by atoms with van der Waals surface area (Å²) in [7, 11) is 3.19. The van der Waals surface area contributed by atoms with Crippen molar-refractivity contribution in [2.24, 2.45) is 0 Å². The minimum absolute atomic E-state index is 0.140. The largest absolute Gasteiger partial charge is 0.495 e. The topological polar surface area (TPSA) is 85.6 Å². The number of halogens is 1. The summed E-state index contributed by atoms with van der Waals surface area (Å²) in [5, 5.41) is 11.0. The third kappa shape index (κ3) is 4.07. The molecule has 5 rings (SSSR count). The molecule has 9 heteroatoms. The molecule has 3 aromatic heterocycles. The molecule has 2 atom stereocenters. The molecule has 1 fully saturated rings. The van der Waals surface area contributed by atoms with Crippen LogP contribution in [0.5, 0.6) is 11.6 Å². The van der Waals surface area contributed by atoms with Crippen molar-refractivity contribution < 1.29 is 13.9 Å². The standard InChI is InChI=1S/C24H25FN6O2/c1-32-22-12-15(17-9-11-26-14-19(17)25)5-7-20(22)29-24-28-13-16-6-8-21(31(16)30-24)18-4-3-10-27-23(18)33-2/h3-8,10,12-13,17,19,26H,9,11,14H2,1-2H3,(H,29,30)/t17-,19+/m0/s1. The van der Waals surface area contributed by atoms with Crippen molar-refractivity contribution in [3.63, 3.8) is 0 Å². The maximum absolute atomic E-state index is 14.4. The Hall–Kier alpha value is -3.72. The lowest BCUT2D eigenvalue weighted by Gasteiger charge is -2.27. The fourth-order valence-corrected chi connectivity index (χ4v) is 4.27. The van der Waals surface area contributed by atoms with Crippen molar-refractivity contribution in [3.8, 4) is 22.9 Å². The lowest BCUT2D eigenvalue weighted by atomic mass is 9.88. The number of methoxy groups -OCH3 is 2. The van der Waals surface area contributed by atoms with Gasteiger partial charge in [0.15, 0.2) is 0 Å². The average molecular weight is 449 g/mol. The van der Waals surface area contributed by atoms with Crippen LogP contribution in [0, 0.1) is 0 Å². The monoisotopic (exact) mass is 448 g/mol. The fourth-order valence-electron chi connectivity index (χ4n) is 4.27. The summed E-state index contributed by atoms with van der Waals surface area (Å²) in [5.41, 5.74) is 4.14. The first-order valence-electron chi connectivity index (χ1n) is 10.8. The summed E-state index contributed by atoms with van der Waals surface area (Å²) >= 11 is 0. The number of nitrogens with one attached hydrogen (secondary N) is 2. The third-order valence-corrected chi connectivity index (χ3v) is 5.95. The van der Waals surface area contributed by atoms with E-state index in [2.05, 4.69) is 25.7 Å². The van der Waals surface area contributed by atoms with Gasteiger partial charge in [-0.2, -0.15) is 0 Å². The van der Waals surface area contributed by atoms with Gasteiger partial charge in [0, 0.05) is 18.7 Å². The molecular formula is C24H25FN6O2. The average Bonchev–Trinajstić information content (AvgIpc) is 3.27. The molecule has 8 nitrogen and oxygen atoms in total. The molecule has 0 radical (unpaired) electrons. The second kappa shape index (κ2) is 9.03. The Morgan fingerprint density at radius 3 is 2.85 bits per heavy atom. The Morgan fingerprint density at radius 1 is 1.12 bits per heavy atom. The number of pyridine rings is 1. The zero-order valence-corrected chi connectivity index (χ0v) is 18.5. The van der Waals surface area contributed by atoms with Crippen LogP contribution < -0.4 is 20.1 Å². The number of nitrogens with zero attached hydrogens (tertiary/aromatic N) is 4. The predicted molar refractivity (Wildman–Crippen MR) is 124 cm³/mol. The fraction of sp³-hybridized carbons (Fsp3) is 0.292. The highest BCUT2D eigenvalue weighted by Gasteiger charge is 2.26. The van der Waals surface area contributed by atoms with E-state index in [1.807, 2.05) is 42.5 Å². The Labute approximate surface area is 190 Å². The Kier molecular flexibility index (Phi) is 5.78. The number of fused-ring (bicyclic) bond motifs is 1. The molecular weight excluding hydrogens is 423 g/mol. The van der Waals surface area contributed by atoms with Crippen molar-refractivity contribution >= 4 is 17.2 Å². The normalized spacial score (nSPS) is 18.3. The van der Waals surface area contributed by atoms with E-state index in [0.717, 1.165) is 35.3 Å². The molecule has 1 aliphatic heterocycles. The van der Waals surface area contributed by atoms with Crippen molar-refractivity contribution in [1.82, 2.24) is 24.9 Å². The van der Waals surface area contributed by atoms with Gasteiger partial charge in [-0.3, -0.25) is 0 Å². The summed E-state index contributed by atoms with van der Waals surface area (Å²) in [4.78, 5) is 8.72. The second-order valence-electron chi connectivity index (χ2n) is 7.90. The molecule has 33 heavy (non-hydrogen) atoms. The van der Waals surface area contributed by atoms with Gasteiger partial charge < -0.3 is 20.1 Å². The number of aromatic nitrogens is 4. The van der Waals surface area contributed by atoms with E-state index in [-0.39, 0.29) is 5.92 Å². The van der Waals surface area contributed by atoms with Crippen LogP contribution >= 0.6 is 0 Å². The zero-order chi connectivity index (χ0) is 22.8. The molecule has 0 amide bonds. The minimum Gasteiger partial charge on any atom is -0.495 e. The van der Waals surface area contributed by atoms with Gasteiger partial charge in [-0.15, -0.1) is 5.10 Å². The van der Waals surface area contributed by atoms with Gasteiger partial charge in [-0.25, -0.2) is 18.9 Å². The van der Waals surface area contributed by atoms with Gasteiger partial charge in [0.1, 0.15) is 11.9 Å². The molecule has 4 heterocycles. The number of hydrogen-bond acceptors (Lipinski definition) is 7. The third-order valence-electron chi connectivity index (χ3n) is 5.95. The predicted octanol–water partition coefficient (Wildman–Crippen LogP) is 3.97. The summed E-state index contributed by atoms with van der Waals surface area (Å²) in [5.74, 6) is 1.40. The number of anilines is 2. The molecule has 4 aromatic rings. The van der Waals surface area contributed by atoms with Gasteiger partial charge in [-0.05, 0) is 54.9 Å². The first-order valence-corrected chi connectivity index (χ1v) is 10.8. The van der Waals surface area contributed by atoms with Crippen molar-refractivity contribution in [2.75, 3.05) is 32.6 Å². The summed E-state index contributed by atoms with van der Waals surface area (Å²) < 4.78 is 27.2. The lowest BCUT2D eigenvalue weighted by Crippen LogP contribution is -2.36. The van der Waals surface area contributed by atoms with Crippen molar-refractivity contribution in [2.45, 2.75) is 18.5 Å². The molecule has 0 unspecified atom stereocenters. The number of rotatable bonds is 6. The van der Waals surface area contributed by atoms with E-state index in [1.54, 1.807) is 31.1 Å². The van der Waals surface area contributed by atoms with Gasteiger partial charge in [0.2, 0.25) is 11.8 Å². The number of ether oxygens (including phenoxy) is 2.